The lowest BCUT2D eigenvalue weighted by molar-refractivity contribution is -0.121. The summed E-state index contributed by atoms with van der Waals surface area (Å²) in [5.41, 5.74) is 0.636. The number of hydrogen-bond donors (Lipinski definition) is 1. The lowest BCUT2D eigenvalue weighted by Gasteiger charge is -2.36. The average molecular weight is 418 g/mol. The van der Waals surface area contributed by atoms with Gasteiger partial charge in [0.1, 0.15) is 5.75 Å². The number of nitrogens with one attached hydrogen (secondary N) is 1. The van der Waals surface area contributed by atoms with Gasteiger partial charge in [0.25, 0.3) is 0 Å². The molecule has 8 heteroatoms. The van der Waals surface area contributed by atoms with Crippen molar-refractivity contribution in [2.75, 3.05) is 38.1 Å². The Hall–Kier alpha value is -2.42. The fourth-order valence-corrected chi connectivity index (χ4v) is 4.77. The van der Waals surface area contributed by atoms with E-state index in [0.717, 1.165) is 0 Å². The molecule has 2 aromatic carbocycles. The minimum absolute atomic E-state index is 0.142. The van der Waals surface area contributed by atoms with Gasteiger partial charge in [0, 0.05) is 26.2 Å². The van der Waals surface area contributed by atoms with Crippen LogP contribution >= 0.6 is 0 Å². The van der Waals surface area contributed by atoms with Gasteiger partial charge in [0.15, 0.2) is 0 Å². The quantitative estimate of drug-likeness (QED) is 0.749. The van der Waals surface area contributed by atoms with Crippen molar-refractivity contribution < 1.29 is 17.9 Å². The number of ether oxygens (including phenoxy) is 1. The van der Waals surface area contributed by atoms with Crippen LogP contribution in [0.2, 0.25) is 0 Å². The second-order valence-corrected chi connectivity index (χ2v) is 8.79. The van der Waals surface area contributed by atoms with Crippen LogP contribution in [0, 0.1) is 0 Å². The summed E-state index contributed by atoms with van der Waals surface area (Å²) in [5.74, 6) is 0.492. The first-order valence-electron chi connectivity index (χ1n) is 9.75. The van der Waals surface area contributed by atoms with Crippen molar-refractivity contribution >= 4 is 21.6 Å². The predicted octanol–water partition coefficient (Wildman–Crippen LogP) is 2.42. The Bertz CT molecular complexity index is 926. The summed E-state index contributed by atoms with van der Waals surface area (Å²) in [6.07, 6.45) is 0. The standard InChI is InChI=1S/C21H27N3O4S/c1-3-28-20-12-8-7-11-19(20)22-21(25)17(2)23-13-15-24(16-14-23)29(26,27)18-9-5-4-6-10-18/h4-12,17H,3,13-16H2,1-2H3,(H,22,25)/t17-/m0/s1. The number of sulfonamides is 1. The zero-order valence-electron chi connectivity index (χ0n) is 16.7. The molecule has 1 atom stereocenters. The van der Waals surface area contributed by atoms with Crippen LogP contribution < -0.4 is 10.1 Å². The fourth-order valence-electron chi connectivity index (χ4n) is 3.33. The van der Waals surface area contributed by atoms with E-state index in [4.69, 9.17) is 4.74 Å². The number of hydrogen-bond acceptors (Lipinski definition) is 5. The highest BCUT2D eigenvalue weighted by molar-refractivity contribution is 7.89. The molecule has 1 aliphatic heterocycles. The number of carbonyl (C=O) groups excluding carboxylic acids is 1. The molecular weight excluding hydrogens is 390 g/mol. The van der Waals surface area contributed by atoms with Crippen LogP contribution in [-0.2, 0) is 14.8 Å². The molecule has 1 N–H and O–H groups in total. The van der Waals surface area contributed by atoms with Crippen LogP contribution in [0.3, 0.4) is 0 Å². The molecule has 0 aliphatic carbocycles. The van der Waals surface area contributed by atoms with E-state index in [-0.39, 0.29) is 11.9 Å². The van der Waals surface area contributed by atoms with Gasteiger partial charge in [-0.1, -0.05) is 30.3 Å². The number of piperazine rings is 1. The zero-order chi connectivity index (χ0) is 20.9. The molecule has 0 saturated carbocycles. The smallest absolute Gasteiger partial charge is 0.243 e. The molecule has 2 aromatic rings. The van der Waals surface area contributed by atoms with Gasteiger partial charge in [-0.05, 0) is 38.1 Å². The maximum absolute atomic E-state index is 12.8. The Morgan fingerprint density at radius 2 is 1.66 bits per heavy atom. The normalized spacial score (nSPS) is 16.9. The number of rotatable bonds is 7. The molecule has 1 aliphatic rings. The number of para-hydroxylation sites is 2. The van der Waals surface area contributed by atoms with Crippen molar-refractivity contribution in [3.8, 4) is 5.75 Å². The summed E-state index contributed by atoms with van der Waals surface area (Å²) in [5, 5.41) is 2.92. The first-order valence-corrected chi connectivity index (χ1v) is 11.2. The highest BCUT2D eigenvalue weighted by atomic mass is 32.2. The summed E-state index contributed by atoms with van der Waals surface area (Å²) in [6.45, 7) is 5.93. The van der Waals surface area contributed by atoms with Crippen LogP contribution in [-0.4, -0.2) is 62.4 Å². The molecule has 1 amide bonds. The average Bonchev–Trinajstić information content (AvgIpc) is 2.75. The number of benzene rings is 2. The zero-order valence-corrected chi connectivity index (χ0v) is 17.6. The predicted molar refractivity (Wildman–Crippen MR) is 112 cm³/mol. The van der Waals surface area contributed by atoms with Crippen molar-refractivity contribution in [3.63, 3.8) is 0 Å². The van der Waals surface area contributed by atoms with E-state index in [2.05, 4.69) is 5.32 Å². The van der Waals surface area contributed by atoms with Crippen molar-refractivity contribution in [3.05, 3.63) is 54.6 Å². The summed E-state index contributed by atoms with van der Waals surface area (Å²) in [7, 11) is -3.50. The van der Waals surface area contributed by atoms with Crippen LogP contribution in [0.5, 0.6) is 5.75 Å². The highest BCUT2D eigenvalue weighted by Crippen LogP contribution is 2.24. The van der Waals surface area contributed by atoms with Crippen molar-refractivity contribution in [2.24, 2.45) is 0 Å². The van der Waals surface area contributed by atoms with Crippen LogP contribution in [0.25, 0.3) is 0 Å². The van der Waals surface area contributed by atoms with Crippen molar-refractivity contribution in [1.82, 2.24) is 9.21 Å². The molecule has 0 radical (unpaired) electrons. The van der Waals surface area contributed by atoms with Crippen LogP contribution in [0.4, 0.5) is 5.69 Å². The lowest BCUT2D eigenvalue weighted by Crippen LogP contribution is -2.53. The van der Waals surface area contributed by atoms with Gasteiger partial charge in [-0.2, -0.15) is 4.31 Å². The third-order valence-electron chi connectivity index (χ3n) is 5.03. The van der Waals surface area contributed by atoms with E-state index in [1.165, 1.54) is 4.31 Å². The van der Waals surface area contributed by atoms with Gasteiger partial charge < -0.3 is 10.1 Å². The van der Waals surface area contributed by atoms with Gasteiger partial charge >= 0.3 is 0 Å². The Morgan fingerprint density at radius 3 is 2.31 bits per heavy atom. The third kappa shape index (κ3) is 4.95. The summed E-state index contributed by atoms with van der Waals surface area (Å²) < 4.78 is 32.5. The maximum Gasteiger partial charge on any atom is 0.243 e. The number of anilines is 1. The topological polar surface area (TPSA) is 79.0 Å². The molecular formula is C21H27N3O4S. The van der Waals surface area contributed by atoms with Crippen molar-refractivity contribution in [2.45, 2.75) is 24.8 Å². The van der Waals surface area contributed by atoms with Gasteiger partial charge in [0.05, 0.1) is 23.2 Å². The minimum atomic E-state index is -3.50. The second-order valence-electron chi connectivity index (χ2n) is 6.85. The Balaban J connectivity index is 1.60. The lowest BCUT2D eigenvalue weighted by atomic mass is 10.2. The number of amides is 1. The van der Waals surface area contributed by atoms with E-state index in [1.54, 1.807) is 36.4 Å². The van der Waals surface area contributed by atoms with Gasteiger partial charge in [-0.25, -0.2) is 8.42 Å². The van der Waals surface area contributed by atoms with E-state index in [0.29, 0.717) is 49.1 Å². The molecule has 29 heavy (non-hydrogen) atoms. The van der Waals surface area contributed by atoms with Gasteiger partial charge in [0.2, 0.25) is 15.9 Å². The SMILES string of the molecule is CCOc1ccccc1NC(=O)[C@H](C)N1CCN(S(=O)(=O)c2ccccc2)CC1. The fraction of sp³-hybridized carbons (Fsp3) is 0.381. The molecule has 0 unspecified atom stereocenters. The molecule has 1 heterocycles. The molecule has 7 nitrogen and oxygen atoms in total. The molecule has 0 bridgehead atoms. The van der Waals surface area contributed by atoms with Gasteiger partial charge in [-0.15, -0.1) is 0 Å². The molecule has 0 aromatic heterocycles. The van der Waals surface area contributed by atoms with Crippen molar-refractivity contribution in [1.29, 1.82) is 0 Å². The Kier molecular flexibility index (Phi) is 6.89. The summed E-state index contributed by atoms with van der Waals surface area (Å²) in [4.78, 5) is 15.0. The van der Waals surface area contributed by atoms with Gasteiger partial charge in [-0.3, -0.25) is 9.69 Å². The van der Waals surface area contributed by atoms with Crippen LogP contribution in [0.1, 0.15) is 13.8 Å². The number of carbonyl (C=O) groups is 1. The van der Waals surface area contributed by atoms with Crippen LogP contribution in [0.15, 0.2) is 59.5 Å². The maximum atomic E-state index is 12.8. The highest BCUT2D eigenvalue weighted by Gasteiger charge is 2.31. The summed E-state index contributed by atoms with van der Waals surface area (Å²) in [6, 6.07) is 15.4. The van der Waals surface area contributed by atoms with E-state index >= 15 is 0 Å². The monoisotopic (exact) mass is 417 g/mol. The molecule has 3 rings (SSSR count). The summed E-state index contributed by atoms with van der Waals surface area (Å²) >= 11 is 0. The molecule has 1 saturated heterocycles. The Morgan fingerprint density at radius 1 is 1.03 bits per heavy atom. The first kappa shape index (κ1) is 21.3. The first-order chi connectivity index (χ1) is 13.9. The molecule has 0 spiro atoms. The Labute approximate surface area is 172 Å². The number of nitrogens with zero attached hydrogens (tertiary/aromatic N) is 2. The largest absolute Gasteiger partial charge is 0.492 e. The molecule has 1 fully saturated rings. The third-order valence-corrected chi connectivity index (χ3v) is 6.94. The van der Waals surface area contributed by atoms with E-state index in [9.17, 15) is 13.2 Å². The second kappa shape index (κ2) is 9.39. The van der Waals surface area contributed by atoms with E-state index in [1.807, 2.05) is 36.9 Å². The minimum Gasteiger partial charge on any atom is -0.492 e. The van der Waals surface area contributed by atoms with E-state index < -0.39 is 10.0 Å². The molecule has 156 valence electrons.